The Bertz CT molecular complexity index is 524. The van der Waals surface area contributed by atoms with E-state index < -0.39 is 4.92 Å². The molecule has 0 amide bonds. The van der Waals surface area contributed by atoms with Gasteiger partial charge in [-0.15, -0.1) is 0 Å². The third kappa shape index (κ3) is 3.14. The highest BCUT2D eigenvalue weighted by Crippen LogP contribution is 2.31. The van der Waals surface area contributed by atoms with Crippen LogP contribution < -0.4 is 4.90 Å². The predicted molar refractivity (Wildman–Crippen MR) is 84.1 cm³/mol. The molecule has 1 saturated carbocycles. The van der Waals surface area contributed by atoms with Crippen molar-refractivity contribution in [2.75, 3.05) is 31.1 Å². The van der Waals surface area contributed by atoms with Crippen LogP contribution in [0.15, 0.2) is 18.2 Å². The second kappa shape index (κ2) is 6.20. The number of hydrogen-bond acceptors (Lipinski definition) is 4. The Hall–Kier alpha value is -1.33. The third-order valence-corrected chi connectivity index (χ3v) is 4.94. The van der Waals surface area contributed by atoms with E-state index in [-0.39, 0.29) is 5.69 Å². The molecule has 2 aliphatic rings. The quantitative estimate of drug-likeness (QED) is 0.635. The molecule has 5 nitrogen and oxygen atoms in total. The highest BCUT2D eigenvalue weighted by atomic mass is 35.5. The lowest BCUT2D eigenvalue weighted by Gasteiger charge is -2.39. The van der Waals surface area contributed by atoms with E-state index in [2.05, 4.69) is 9.80 Å². The SMILES string of the molecule is O=[N+]([O-])c1ccc(N2CCN(C3CCCC3)CC2)c(Cl)c1. The molecule has 0 N–H and O–H groups in total. The molecule has 0 spiro atoms. The number of rotatable bonds is 3. The van der Waals surface area contributed by atoms with Gasteiger partial charge in [0.25, 0.3) is 5.69 Å². The largest absolute Gasteiger partial charge is 0.368 e. The van der Waals surface area contributed by atoms with Crippen LogP contribution in [-0.4, -0.2) is 42.0 Å². The van der Waals surface area contributed by atoms with Gasteiger partial charge in [-0.1, -0.05) is 24.4 Å². The Labute approximate surface area is 129 Å². The lowest BCUT2D eigenvalue weighted by molar-refractivity contribution is -0.384. The Balaban J connectivity index is 1.65. The van der Waals surface area contributed by atoms with Crippen molar-refractivity contribution in [3.63, 3.8) is 0 Å². The van der Waals surface area contributed by atoms with Crippen molar-refractivity contribution in [1.29, 1.82) is 0 Å². The van der Waals surface area contributed by atoms with Crippen molar-refractivity contribution in [3.05, 3.63) is 33.3 Å². The van der Waals surface area contributed by atoms with Crippen LogP contribution in [-0.2, 0) is 0 Å². The maximum atomic E-state index is 10.8. The van der Waals surface area contributed by atoms with Crippen molar-refractivity contribution in [1.82, 2.24) is 4.90 Å². The first kappa shape index (κ1) is 14.6. The van der Waals surface area contributed by atoms with Gasteiger partial charge in [0, 0.05) is 44.4 Å². The van der Waals surface area contributed by atoms with Crippen LogP contribution in [0.2, 0.25) is 5.02 Å². The fraction of sp³-hybridized carbons (Fsp3) is 0.600. The minimum absolute atomic E-state index is 0.0494. The predicted octanol–water partition coefficient (Wildman–Crippen LogP) is 3.31. The fourth-order valence-corrected chi connectivity index (χ4v) is 3.76. The molecule has 1 aliphatic heterocycles. The molecule has 0 bridgehead atoms. The van der Waals surface area contributed by atoms with Crippen LogP contribution in [0, 0.1) is 10.1 Å². The van der Waals surface area contributed by atoms with Crippen LogP contribution in [0.4, 0.5) is 11.4 Å². The standard InChI is InChI=1S/C15H20ClN3O2/c16-14-11-13(19(20)21)5-6-15(14)18-9-7-17(8-10-18)12-3-1-2-4-12/h5-6,11-12H,1-4,7-10H2. The molecular weight excluding hydrogens is 290 g/mol. The van der Waals surface area contributed by atoms with E-state index in [1.165, 1.54) is 37.8 Å². The molecule has 6 heteroatoms. The minimum Gasteiger partial charge on any atom is -0.368 e. The van der Waals surface area contributed by atoms with Gasteiger partial charge in [-0.25, -0.2) is 0 Å². The molecular formula is C15H20ClN3O2. The Morgan fingerprint density at radius 3 is 2.38 bits per heavy atom. The summed E-state index contributed by atoms with van der Waals surface area (Å²) in [6.07, 6.45) is 5.38. The average molecular weight is 310 g/mol. The van der Waals surface area contributed by atoms with E-state index in [1.807, 2.05) is 0 Å². The molecule has 1 aliphatic carbocycles. The Morgan fingerprint density at radius 1 is 1.14 bits per heavy atom. The van der Waals surface area contributed by atoms with Crippen molar-refractivity contribution < 1.29 is 4.92 Å². The third-order valence-electron chi connectivity index (χ3n) is 4.64. The number of halogens is 1. The summed E-state index contributed by atoms with van der Waals surface area (Å²) in [6, 6.07) is 5.51. The molecule has 1 saturated heterocycles. The number of nitro groups is 1. The van der Waals surface area contributed by atoms with E-state index in [4.69, 9.17) is 11.6 Å². The Kier molecular flexibility index (Phi) is 4.31. The number of benzene rings is 1. The van der Waals surface area contributed by atoms with Crippen molar-refractivity contribution in [3.8, 4) is 0 Å². The molecule has 0 atom stereocenters. The molecule has 114 valence electrons. The number of piperazine rings is 1. The molecule has 0 unspecified atom stereocenters. The van der Waals surface area contributed by atoms with Gasteiger partial charge >= 0.3 is 0 Å². The summed E-state index contributed by atoms with van der Waals surface area (Å²) < 4.78 is 0. The van der Waals surface area contributed by atoms with Crippen molar-refractivity contribution >= 4 is 23.0 Å². The summed E-state index contributed by atoms with van der Waals surface area (Å²) in [5.74, 6) is 0. The lowest BCUT2D eigenvalue weighted by Crippen LogP contribution is -2.49. The average Bonchev–Trinajstić information content (AvgIpc) is 3.01. The van der Waals surface area contributed by atoms with E-state index in [0.29, 0.717) is 5.02 Å². The van der Waals surface area contributed by atoms with E-state index >= 15 is 0 Å². The van der Waals surface area contributed by atoms with Crippen LogP contribution in [0.3, 0.4) is 0 Å². The van der Waals surface area contributed by atoms with E-state index in [9.17, 15) is 10.1 Å². The zero-order valence-corrected chi connectivity index (χ0v) is 12.8. The summed E-state index contributed by atoms with van der Waals surface area (Å²) >= 11 is 6.21. The molecule has 3 rings (SSSR count). The number of hydrogen-bond donors (Lipinski definition) is 0. The zero-order chi connectivity index (χ0) is 14.8. The highest BCUT2D eigenvalue weighted by molar-refractivity contribution is 6.33. The number of nitrogens with zero attached hydrogens (tertiary/aromatic N) is 3. The first-order chi connectivity index (χ1) is 10.1. The van der Waals surface area contributed by atoms with Gasteiger partial charge < -0.3 is 4.90 Å². The van der Waals surface area contributed by atoms with Gasteiger partial charge in [0.1, 0.15) is 0 Å². The molecule has 2 fully saturated rings. The normalized spacial score (nSPS) is 20.9. The monoisotopic (exact) mass is 309 g/mol. The smallest absolute Gasteiger partial charge is 0.271 e. The van der Waals surface area contributed by atoms with Crippen LogP contribution in [0.1, 0.15) is 25.7 Å². The molecule has 1 aromatic carbocycles. The van der Waals surface area contributed by atoms with Gasteiger partial charge in [-0.2, -0.15) is 0 Å². The summed E-state index contributed by atoms with van der Waals surface area (Å²) in [7, 11) is 0. The zero-order valence-electron chi connectivity index (χ0n) is 12.0. The Morgan fingerprint density at radius 2 is 1.81 bits per heavy atom. The summed E-state index contributed by atoms with van der Waals surface area (Å²) in [5.41, 5.74) is 0.960. The summed E-state index contributed by atoms with van der Waals surface area (Å²) in [4.78, 5) is 15.2. The van der Waals surface area contributed by atoms with Gasteiger partial charge in [0.05, 0.1) is 15.6 Å². The molecule has 1 heterocycles. The number of nitro benzene ring substituents is 1. The van der Waals surface area contributed by atoms with E-state index in [1.54, 1.807) is 6.07 Å². The highest BCUT2D eigenvalue weighted by Gasteiger charge is 2.27. The van der Waals surface area contributed by atoms with Crippen LogP contribution in [0.25, 0.3) is 0 Å². The molecule has 1 aromatic rings. The second-order valence-electron chi connectivity index (χ2n) is 5.85. The van der Waals surface area contributed by atoms with Gasteiger partial charge in [0.2, 0.25) is 0 Å². The van der Waals surface area contributed by atoms with Gasteiger partial charge in [0.15, 0.2) is 0 Å². The maximum absolute atomic E-state index is 10.8. The van der Waals surface area contributed by atoms with E-state index in [0.717, 1.165) is 37.9 Å². The summed E-state index contributed by atoms with van der Waals surface area (Å²) in [6.45, 7) is 3.98. The first-order valence-electron chi connectivity index (χ1n) is 7.58. The molecule has 21 heavy (non-hydrogen) atoms. The fourth-order valence-electron chi connectivity index (χ4n) is 3.46. The maximum Gasteiger partial charge on any atom is 0.271 e. The number of anilines is 1. The summed E-state index contributed by atoms with van der Waals surface area (Å²) in [5, 5.41) is 11.2. The number of non-ortho nitro benzene ring substituents is 1. The second-order valence-corrected chi connectivity index (χ2v) is 6.26. The van der Waals surface area contributed by atoms with Crippen LogP contribution >= 0.6 is 11.6 Å². The molecule has 0 radical (unpaired) electrons. The van der Waals surface area contributed by atoms with Gasteiger partial charge in [-0.05, 0) is 18.9 Å². The first-order valence-corrected chi connectivity index (χ1v) is 7.96. The molecule has 0 aromatic heterocycles. The lowest BCUT2D eigenvalue weighted by atomic mass is 10.1. The van der Waals surface area contributed by atoms with Crippen molar-refractivity contribution in [2.45, 2.75) is 31.7 Å². The topological polar surface area (TPSA) is 49.6 Å². The van der Waals surface area contributed by atoms with Crippen LogP contribution in [0.5, 0.6) is 0 Å². The van der Waals surface area contributed by atoms with Gasteiger partial charge in [-0.3, -0.25) is 15.0 Å². The minimum atomic E-state index is -0.409. The van der Waals surface area contributed by atoms with Crippen molar-refractivity contribution in [2.24, 2.45) is 0 Å².